The van der Waals surface area contributed by atoms with Crippen molar-refractivity contribution in [1.82, 2.24) is 10.6 Å². The molecule has 0 bridgehead atoms. The molecule has 0 radical (unpaired) electrons. The lowest BCUT2D eigenvalue weighted by Gasteiger charge is -2.18. The molecule has 0 aromatic heterocycles. The van der Waals surface area contributed by atoms with E-state index in [0.717, 1.165) is 9.64 Å². The smallest absolute Gasteiger partial charge is 0.416 e. The van der Waals surface area contributed by atoms with Crippen LogP contribution in [0.1, 0.15) is 33.9 Å². The van der Waals surface area contributed by atoms with E-state index in [0.29, 0.717) is 22.2 Å². The second-order valence-corrected chi connectivity index (χ2v) is 9.07. The lowest BCUT2D eigenvalue weighted by atomic mass is 10.0. The summed E-state index contributed by atoms with van der Waals surface area (Å²) in [7, 11) is 0. The third kappa shape index (κ3) is 8.48. The minimum absolute atomic E-state index is 0.296. The Hall–Kier alpha value is -2.88. The van der Waals surface area contributed by atoms with Crippen LogP contribution in [-0.2, 0) is 15.8 Å². The molecule has 0 saturated carbocycles. The first-order valence-electron chi connectivity index (χ1n) is 9.32. The molecule has 0 aliphatic carbocycles. The summed E-state index contributed by atoms with van der Waals surface area (Å²) >= 11 is 5.33. The van der Waals surface area contributed by atoms with Gasteiger partial charge in [-0.1, -0.05) is 15.9 Å². The van der Waals surface area contributed by atoms with E-state index in [4.69, 9.17) is 11.5 Å². The molecule has 9 nitrogen and oxygen atoms in total. The number of nitrogens with two attached hydrogens (primary N) is 2. The third-order valence-corrected chi connectivity index (χ3v) is 5.26. The van der Waals surface area contributed by atoms with Gasteiger partial charge in [-0.05, 0) is 64.6 Å². The Morgan fingerprint density at radius 3 is 2.35 bits per heavy atom. The van der Waals surface area contributed by atoms with E-state index in [1.165, 1.54) is 0 Å². The van der Waals surface area contributed by atoms with Crippen molar-refractivity contribution in [3.63, 3.8) is 0 Å². The highest BCUT2D eigenvalue weighted by Crippen LogP contribution is 2.33. The fourth-order valence-electron chi connectivity index (χ4n) is 2.83. The molecule has 182 valence electrons. The number of hydrogen-bond acceptors (Lipinski definition) is 4. The van der Waals surface area contributed by atoms with Crippen molar-refractivity contribution >= 4 is 68.0 Å². The van der Waals surface area contributed by atoms with Gasteiger partial charge in [0.25, 0.3) is 5.91 Å². The molecule has 14 heteroatoms. The van der Waals surface area contributed by atoms with Crippen molar-refractivity contribution in [3.8, 4) is 0 Å². The van der Waals surface area contributed by atoms with Gasteiger partial charge in [0, 0.05) is 13.6 Å². The van der Waals surface area contributed by atoms with Crippen LogP contribution in [0, 0.1) is 3.57 Å². The Kier molecular flexibility index (Phi) is 9.26. The summed E-state index contributed by atoms with van der Waals surface area (Å²) in [5.74, 6) is -3.40. The number of carbonyl (C=O) groups excluding carboxylic acids is 2. The first kappa shape index (κ1) is 27.4. The summed E-state index contributed by atoms with van der Waals surface area (Å²) in [5, 5.41) is 13.9. The molecule has 0 saturated heterocycles. The zero-order chi connectivity index (χ0) is 25.6. The van der Waals surface area contributed by atoms with Crippen molar-refractivity contribution in [3.05, 3.63) is 61.1 Å². The monoisotopic (exact) mass is 655 g/mol. The average Bonchev–Trinajstić information content (AvgIpc) is 2.69. The molecule has 0 fully saturated rings. The van der Waals surface area contributed by atoms with Crippen LogP contribution in [-0.4, -0.2) is 35.4 Å². The van der Waals surface area contributed by atoms with Crippen LogP contribution < -0.4 is 22.1 Å². The van der Waals surface area contributed by atoms with Gasteiger partial charge in [-0.3, -0.25) is 14.4 Å². The summed E-state index contributed by atoms with van der Waals surface area (Å²) in [4.78, 5) is 39.6. The Labute approximate surface area is 213 Å². The molecule has 2 aromatic rings. The van der Waals surface area contributed by atoms with Crippen LogP contribution in [0.2, 0.25) is 0 Å². The quantitative estimate of drug-likeness (QED) is 0.167. The van der Waals surface area contributed by atoms with Crippen LogP contribution >= 0.6 is 38.5 Å². The van der Waals surface area contributed by atoms with Gasteiger partial charge in [0.05, 0.1) is 30.3 Å². The minimum atomic E-state index is -4.77. The molecule has 1 atom stereocenters. The predicted octanol–water partition coefficient (Wildman–Crippen LogP) is 3.04. The maximum atomic E-state index is 13.2. The van der Waals surface area contributed by atoms with Crippen molar-refractivity contribution < 1.29 is 32.7 Å². The third-order valence-electron chi connectivity index (χ3n) is 4.18. The van der Waals surface area contributed by atoms with Crippen molar-refractivity contribution in [1.29, 1.82) is 0 Å². The number of nitrogens with zero attached hydrogens (tertiary/aromatic N) is 1. The van der Waals surface area contributed by atoms with E-state index in [1.807, 2.05) is 22.6 Å². The highest BCUT2D eigenvalue weighted by molar-refractivity contribution is 14.1. The second kappa shape index (κ2) is 11.5. The van der Waals surface area contributed by atoms with Crippen molar-refractivity contribution in [2.24, 2.45) is 16.5 Å². The first-order valence-corrected chi connectivity index (χ1v) is 11.2. The fraction of sp³-hybridized carbons (Fsp3) is 0.200. The van der Waals surface area contributed by atoms with Gasteiger partial charge < -0.3 is 27.2 Å². The number of aliphatic imine (C=N–C) groups is 1. The van der Waals surface area contributed by atoms with Crippen molar-refractivity contribution in [2.75, 3.05) is 6.54 Å². The molecule has 2 amide bonds. The number of guanidine groups is 1. The number of hydrogen-bond donors (Lipinski definition) is 5. The summed E-state index contributed by atoms with van der Waals surface area (Å²) in [5.41, 5.74) is 9.04. The molecular weight excluding hydrogens is 638 g/mol. The van der Waals surface area contributed by atoms with E-state index >= 15 is 0 Å². The Bertz CT molecular complexity index is 1120. The maximum absolute atomic E-state index is 13.2. The number of aliphatic carboxylic acids is 1. The molecule has 0 spiro atoms. The summed E-state index contributed by atoms with van der Waals surface area (Å²) in [6, 6.07) is 6.49. The van der Waals surface area contributed by atoms with E-state index < -0.39 is 60.1 Å². The highest BCUT2D eigenvalue weighted by atomic mass is 127. The number of nitrogens with one attached hydrogen (secondary N) is 2. The molecular formula is C20H18BrF3IN5O4. The van der Waals surface area contributed by atoms with Crippen LogP contribution in [0.4, 0.5) is 18.9 Å². The number of halogens is 5. The summed E-state index contributed by atoms with van der Waals surface area (Å²) < 4.78 is 41.0. The van der Waals surface area contributed by atoms with E-state index in [9.17, 15) is 32.7 Å². The number of rotatable bonds is 8. The molecule has 0 aliphatic rings. The van der Waals surface area contributed by atoms with E-state index in [2.05, 4.69) is 31.6 Å². The molecule has 2 rings (SSSR count). The normalized spacial score (nSPS) is 11.9. The molecule has 0 heterocycles. The summed E-state index contributed by atoms with van der Waals surface area (Å²) in [6.45, 7) is -0.617. The van der Waals surface area contributed by atoms with Crippen LogP contribution in [0.3, 0.4) is 0 Å². The van der Waals surface area contributed by atoms with Crippen molar-refractivity contribution in [2.45, 2.75) is 18.6 Å². The number of carboxylic acid groups (broad SMARTS) is 1. The maximum Gasteiger partial charge on any atom is 0.416 e. The zero-order valence-electron chi connectivity index (χ0n) is 17.1. The zero-order valence-corrected chi connectivity index (χ0v) is 20.9. The van der Waals surface area contributed by atoms with Gasteiger partial charge >= 0.3 is 12.1 Å². The first-order chi connectivity index (χ1) is 15.7. The van der Waals surface area contributed by atoms with E-state index in [-0.39, 0.29) is 5.69 Å². The standard InChI is InChI=1S/C20H18BrF3IN5O4/c21-12-2-9(3-13(25)6-12)15(7-17(32)33)30-16(31)8-28-18(34)10-1-11(20(22,23)24)5-14(4-10)29-19(26)27/h1-6,15H,7-8H2,(H,28,34)(H,30,31)(H,32,33)(H4,26,27,29). The molecule has 34 heavy (non-hydrogen) atoms. The largest absolute Gasteiger partial charge is 0.481 e. The highest BCUT2D eigenvalue weighted by Gasteiger charge is 2.32. The Morgan fingerprint density at radius 1 is 1.12 bits per heavy atom. The van der Waals surface area contributed by atoms with Crippen LogP contribution in [0.25, 0.3) is 0 Å². The second-order valence-electron chi connectivity index (χ2n) is 6.91. The van der Waals surface area contributed by atoms with Crippen LogP contribution in [0.15, 0.2) is 45.9 Å². The fourth-order valence-corrected chi connectivity index (χ4v) is 4.46. The number of amides is 2. The SMILES string of the molecule is NC(N)=Nc1cc(C(=O)NCC(=O)NC(CC(=O)O)c2cc(Br)cc(I)c2)cc(C(F)(F)F)c1. The average molecular weight is 656 g/mol. The predicted molar refractivity (Wildman–Crippen MR) is 129 cm³/mol. The van der Waals surface area contributed by atoms with Gasteiger partial charge in [-0.2, -0.15) is 13.2 Å². The van der Waals surface area contributed by atoms with Gasteiger partial charge in [0.15, 0.2) is 5.96 Å². The van der Waals surface area contributed by atoms with Gasteiger partial charge in [0.1, 0.15) is 0 Å². The van der Waals surface area contributed by atoms with Gasteiger partial charge in [-0.15, -0.1) is 0 Å². The Balaban J connectivity index is 2.17. The number of alkyl halides is 3. The van der Waals surface area contributed by atoms with Gasteiger partial charge in [0.2, 0.25) is 5.91 Å². The van der Waals surface area contributed by atoms with E-state index in [1.54, 1.807) is 18.2 Å². The molecule has 0 aliphatic heterocycles. The number of carbonyl (C=O) groups is 3. The minimum Gasteiger partial charge on any atom is -0.481 e. The molecule has 2 aromatic carbocycles. The van der Waals surface area contributed by atoms with Crippen LogP contribution in [0.5, 0.6) is 0 Å². The number of benzene rings is 2. The van der Waals surface area contributed by atoms with Gasteiger partial charge in [-0.25, -0.2) is 4.99 Å². The lowest BCUT2D eigenvalue weighted by molar-refractivity contribution is -0.138. The number of carboxylic acids is 1. The summed E-state index contributed by atoms with van der Waals surface area (Å²) in [6.07, 6.45) is -5.20. The topological polar surface area (TPSA) is 160 Å². The Morgan fingerprint density at radius 2 is 1.79 bits per heavy atom. The lowest BCUT2D eigenvalue weighted by Crippen LogP contribution is -2.39. The molecule has 1 unspecified atom stereocenters. The molecule has 7 N–H and O–H groups in total.